The Morgan fingerprint density at radius 2 is 1.81 bits per heavy atom. The van der Waals surface area contributed by atoms with Crippen LogP contribution in [0, 0.1) is 0 Å². The molecule has 0 aliphatic rings. The molecule has 0 atom stereocenters. The van der Waals surface area contributed by atoms with Gasteiger partial charge in [-0.3, -0.25) is 9.10 Å². The number of nitrogens with zero attached hydrogens (tertiary/aromatic N) is 1. The van der Waals surface area contributed by atoms with Crippen LogP contribution >= 0.6 is 0 Å². The van der Waals surface area contributed by atoms with Gasteiger partial charge >= 0.3 is 0 Å². The lowest BCUT2D eigenvalue weighted by atomic mass is 9.86. The van der Waals surface area contributed by atoms with Crippen molar-refractivity contribution < 1.29 is 13.2 Å². The Bertz CT molecular complexity index is 604. The van der Waals surface area contributed by atoms with Crippen LogP contribution < -0.4 is 9.62 Å². The maximum atomic E-state index is 12.1. The quantitative estimate of drug-likeness (QED) is 0.903. The van der Waals surface area contributed by atoms with Crippen LogP contribution in [0.2, 0.25) is 0 Å². The van der Waals surface area contributed by atoms with E-state index in [0.717, 1.165) is 5.56 Å². The third-order valence-electron chi connectivity index (χ3n) is 3.07. The molecule has 21 heavy (non-hydrogen) atoms. The van der Waals surface area contributed by atoms with Gasteiger partial charge in [-0.15, -0.1) is 0 Å². The summed E-state index contributed by atoms with van der Waals surface area (Å²) in [7, 11) is -3.42. The zero-order valence-corrected chi connectivity index (χ0v) is 14.1. The lowest BCUT2D eigenvalue weighted by Crippen LogP contribution is -2.38. The molecule has 5 nitrogen and oxygen atoms in total. The summed E-state index contributed by atoms with van der Waals surface area (Å²) in [5.41, 5.74) is 1.45. The van der Waals surface area contributed by atoms with E-state index in [-0.39, 0.29) is 24.4 Å². The zero-order chi connectivity index (χ0) is 16.3. The molecule has 0 saturated heterocycles. The maximum Gasteiger partial charge on any atom is 0.232 e. The highest BCUT2D eigenvalue weighted by Crippen LogP contribution is 2.32. The van der Waals surface area contributed by atoms with E-state index in [0.29, 0.717) is 5.69 Å². The van der Waals surface area contributed by atoms with Crippen LogP contribution in [0.4, 0.5) is 5.69 Å². The third-order valence-corrected chi connectivity index (χ3v) is 4.25. The minimum atomic E-state index is -3.42. The zero-order valence-electron chi connectivity index (χ0n) is 13.3. The molecular formula is C15H24N2O3S. The fourth-order valence-electron chi connectivity index (χ4n) is 2.12. The van der Waals surface area contributed by atoms with Crippen molar-refractivity contribution in [2.75, 3.05) is 23.7 Å². The van der Waals surface area contributed by atoms with E-state index in [4.69, 9.17) is 0 Å². The molecule has 6 heteroatoms. The minimum Gasteiger partial charge on any atom is -0.355 e. The molecule has 0 unspecified atom stereocenters. The van der Waals surface area contributed by atoms with Crippen LogP contribution in [-0.2, 0) is 20.2 Å². The molecule has 1 aromatic carbocycles. The molecule has 0 radical (unpaired) electrons. The van der Waals surface area contributed by atoms with E-state index in [2.05, 4.69) is 5.32 Å². The van der Waals surface area contributed by atoms with Gasteiger partial charge in [0, 0.05) is 13.5 Å². The number of para-hydroxylation sites is 1. The number of amides is 1. The highest BCUT2D eigenvalue weighted by atomic mass is 32.2. The van der Waals surface area contributed by atoms with E-state index in [1.54, 1.807) is 6.07 Å². The van der Waals surface area contributed by atoms with Crippen LogP contribution in [-0.4, -0.2) is 33.7 Å². The predicted octanol–water partition coefficient (Wildman–Crippen LogP) is 1.89. The fourth-order valence-corrected chi connectivity index (χ4v) is 3.06. The van der Waals surface area contributed by atoms with Gasteiger partial charge in [0.25, 0.3) is 0 Å². The lowest BCUT2D eigenvalue weighted by molar-refractivity contribution is -0.118. The number of carbonyl (C=O) groups excluding carboxylic acids is 1. The number of hydrogen-bond acceptors (Lipinski definition) is 3. The van der Waals surface area contributed by atoms with E-state index < -0.39 is 10.0 Å². The maximum absolute atomic E-state index is 12.1. The molecule has 118 valence electrons. The van der Waals surface area contributed by atoms with Crippen LogP contribution in [0.3, 0.4) is 0 Å². The minimum absolute atomic E-state index is 0.173. The monoisotopic (exact) mass is 312 g/mol. The summed E-state index contributed by atoms with van der Waals surface area (Å²) in [6.07, 6.45) is 1.18. The molecule has 0 aliphatic carbocycles. The highest BCUT2D eigenvalue weighted by molar-refractivity contribution is 7.92. The van der Waals surface area contributed by atoms with Crippen LogP contribution in [0.15, 0.2) is 24.3 Å². The van der Waals surface area contributed by atoms with Crippen molar-refractivity contribution in [3.05, 3.63) is 29.8 Å². The Morgan fingerprint density at radius 3 is 2.29 bits per heavy atom. The molecule has 0 bridgehead atoms. The van der Waals surface area contributed by atoms with E-state index >= 15 is 0 Å². The van der Waals surface area contributed by atoms with Crippen molar-refractivity contribution in [1.29, 1.82) is 0 Å². The van der Waals surface area contributed by atoms with Crippen LogP contribution in [0.5, 0.6) is 0 Å². The Morgan fingerprint density at radius 1 is 1.24 bits per heavy atom. The number of anilines is 1. The molecule has 0 aliphatic heterocycles. The summed E-state index contributed by atoms with van der Waals surface area (Å²) in [6, 6.07) is 7.46. The smallest absolute Gasteiger partial charge is 0.232 e. The molecule has 0 fully saturated rings. The largest absolute Gasteiger partial charge is 0.355 e. The summed E-state index contributed by atoms with van der Waals surface area (Å²) in [5.74, 6) is -0.174. The summed E-state index contributed by atoms with van der Waals surface area (Å²) in [4.78, 5) is 11.0. The first kappa shape index (κ1) is 17.5. The number of nitrogens with one attached hydrogen (secondary N) is 1. The van der Waals surface area contributed by atoms with Crippen molar-refractivity contribution in [3.63, 3.8) is 0 Å². The van der Waals surface area contributed by atoms with Gasteiger partial charge in [-0.25, -0.2) is 8.42 Å². The first-order chi connectivity index (χ1) is 9.53. The summed E-state index contributed by atoms with van der Waals surface area (Å²) in [6.45, 7) is 8.03. The molecule has 0 spiro atoms. The van der Waals surface area contributed by atoms with Gasteiger partial charge in [0.2, 0.25) is 15.9 Å². The van der Waals surface area contributed by atoms with Crippen molar-refractivity contribution in [3.8, 4) is 0 Å². The van der Waals surface area contributed by atoms with Crippen molar-refractivity contribution in [1.82, 2.24) is 5.32 Å². The van der Waals surface area contributed by atoms with Crippen LogP contribution in [0.25, 0.3) is 0 Å². The SMILES string of the molecule is CC(=O)NCCN(c1ccccc1C(C)(C)C)S(C)(=O)=O. The van der Waals surface area contributed by atoms with E-state index in [1.807, 2.05) is 39.0 Å². The molecular weight excluding hydrogens is 288 g/mol. The number of benzene rings is 1. The Kier molecular flexibility index (Phi) is 5.39. The first-order valence-corrected chi connectivity index (χ1v) is 8.70. The average molecular weight is 312 g/mol. The lowest BCUT2D eigenvalue weighted by Gasteiger charge is -2.30. The number of sulfonamides is 1. The molecule has 0 heterocycles. The predicted molar refractivity (Wildman–Crippen MR) is 86.0 cm³/mol. The molecule has 1 amide bonds. The highest BCUT2D eigenvalue weighted by Gasteiger charge is 2.25. The second-order valence-electron chi connectivity index (χ2n) is 6.09. The summed E-state index contributed by atoms with van der Waals surface area (Å²) >= 11 is 0. The summed E-state index contributed by atoms with van der Waals surface area (Å²) in [5, 5.41) is 2.63. The Labute approximate surface area is 127 Å². The molecule has 0 aromatic heterocycles. The van der Waals surface area contributed by atoms with Gasteiger partial charge in [0.05, 0.1) is 18.5 Å². The fraction of sp³-hybridized carbons (Fsp3) is 0.533. The molecule has 0 saturated carbocycles. The van der Waals surface area contributed by atoms with Gasteiger partial charge in [-0.05, 0) is 17.0 Å². The van der Waals surface area contributed by atoms with Gasteiger partial charge in [-0.2, -0.15) is 0 Å². The van der Waals surface area contributed by atoms with Crippen molar-refractivity contribution >= 4 is 21.6 Å². The number of rotatable bonds is 5. The second-order valence-corrected chi connectivity index (χ2v) is 7.99. The average Bonchev–Trinajstić information content (AvgIpc) is 2.31. The van der Waals surface area contributed by atoms with Gasteiger partial charge in [0.1, 0.15) is 0 Å². The van der Waals surface area contributed by atoms with Gasteiger partial charge in [-0.1, -0.05) is 39.0 Å². The molecule has 1 rings (SSSR count). The van der Waals surface area contributed by atoms with Crippen LogP contribution in [0.1, 0.15) is 33.3 Å². The van der Waals surface area contributed by atoms with E-state index in [9.17, 15) is 13.2 Å². The first-order valence-electron chi connectivity index (χ1n) is 6.85. The van der Waals surface area contributed by atoms with Gasteiger partial charge < -0.3 is 5.32 Å². The molecule has 1 aromatic rings. The summed E-state index contributed by atoms with van der Waals surface area (Å²) < 4.78 is 25.6. The third kappa shape index (κ3) is 5.04. The number of hydrogen-bond donors (Lipinski definition) is 1. The second kappa shape index (κ2) is 6.47. The Hall–Kier alpha value is -1.56. The number of carbonyl (C=O) groups is 1. The van der Waals surface area contributed by atoms with Crippen molar-refractivity contribution in [2.24, 2.45) is 0 Å². The Balaban J connectivity index is 3.19. The van der Waals surface area contributed by atoms with E-state index in [1.165, 1.54) is 17.5 Å². The standard InChI is InChI=1S/C15H24N2O3S/c1-12(18)16-10-11-17(21(5,19)20)14-9-7-6-8-13(14)15(2,3)4/h6-9H,10-11H2,1-5H3,(H,16,18). The molecule has 1 N–H and O–H groups in total. The normalized spacial score (nSPS) is 12.0. The topological polar surface area (TPSA) is 66.5 Å². The van der Waals surface area contributed by atoms with Gasteiger partial charge in [0.15, 0.2) is 0 Å². The van der Waals surface area contributed by atoms with Crippen molar-refractivity contribution in [2.45, 2.75) is 33.1 Å².